The Morgan fingerprint density at radius 2 is 0.964 bits per heavy atom. The summed E-state index contributed by atoms with van der Waals surface area (Å²) in [5, 5.41) is 0. The minimum atomic E-state index is 0. The van der Waals surface area contributed by atoms with Gasteiger partial charge in [0.1, 0.15) is 0 Å². The van der Waals surface area contributed by atoms with Gasteiger partial charge >= 0.3 is 26.8 Å². The zero-order chi connectivity index (χ0) is 19.3. The number of allylic oxidation sites excluding steroid dienone is 8. The van der Waals surface area contributed by atoms with Gasteiger partial charge in [-0.3, -0.25) is 12.2 Å². The van der Waals surface area contributed by atoms with E-state index in [1.54, 1.807) is 0 Å². The number of benzene rings is 2. The molecule has 0 heterocycles. The fraction of sp³-hybridized carbons (Fsp3) is 0.167. The molecule has 0 nitrogen and oxygen atoms in total. The van der Waals surface area contributed by atoms with Crippen LogP contribution in [0.3, 0.4) is 0 Å². The van der Waals surface area contributed by atoms with Crippen LogP contribution in [0.1, 0.15) is 26.7 Å². The Morgan fingerprint density at radius 3 is 1.04 bits per heavy atom. The van der Waals surface area contributed by atoms with Crippen LogP contribution in [0.4, 0.5) is 0 Å². The van der Waals surface area contributed by atoms with Gasteiger partial charge in [0.2, 0.25) is 0 Å². The van der Waals surface area contributed by atoms with Crippen LogP contribution in [0, 0.1) is 24.3 Å². The maximum Gasteiger partial charge on any atom is -0.171 e. The SMILES string of the molecule is CC1=[C-]CC=C1.CC1=[C-]CC=C1.Cl.Cl.[SiH2]=[Ti].[c-]1ccccc1.[c-]1ccccc1. The van der Waals surface area contributed by atoms with Gasteiger partial charge in [0.25, 0.3) is 0 Å². The van der Waals surface area contributed by atoms with E-state index < -0.39 is 0 Å². The van der Waals surface area contributed by atoms with Gasteiger partial charge in [-0.1, -0.05) is 13.8 Å². The van der Waals surface area contributed by atoms with E-state index in [9.17, 15) is 0 Å². The number of halogens is 2. The molecule has 0 spiro atoms. The second-order valence-corrected chi connectivity index (χ2v) is 5.09. The molecule has 0 aromatic heterocycles. The number of rotatable bonds is 0. The zero-order valence-corrected chi connectivity index (χ0v) is 21.1. The summed E-state index contributed by atoms with van der Waals surface area (Å²) < 4.78 is 0. The Balaban J connectivity index is -0.000000282. The van der Waals surface area contributed by atoms with Crippen molar-refractivity contribution in [2.45, 2.75) is 26.7 Å². The zero-order valence-electron chi connectivity index (χ0n) is 16.5. The van der Waals surface area contributed by atoms with Crippen LogP contribution < -0.4 is 0 Å². The van der Waals surface area contributed by atoms with E-state index in [0.717, 1.165) is 12.8 Å². The van der Waals surface area contributed by atoms with E-state index in [2.05, 4.69) is 62.4 Å². The predicted molar refractivity (Wildman–Crippen MR) is 126 cm³/mol. The number of hydrogen-bond donors (Lipinski definition) is 0. The summed E-state index contributed by atoms with van der Waals surface area (Å²) in [5.74, 6) is 0. The fourth-order valence-corrected chi connectivity index (χ4v) is 1.71. The Hall–Kier alpha value is -1.09. The molecule has 0 amide bonds. The smallest absolute Gasteiger partial charge is 0.171 e. The molecule has 0 saturated carbocycles. The van der Waals surface area contributed by atoms with Crippen molar-refractivity contribution in [2.24, 2.45) is 0 Å². The van der Waals surface area contributed by atoms with Gasteiger partial charge in [-0.05, 0) is 0 Å². The van der Waals surface area contributed by atoms with Crippen LogP contribution in [-0.2, 0) is 19.2 Å². The molecule has 0 unspecified atom stereocenters. The fourth-order valence-electron chi connectivity index (χ4n) is 1.71. The predicted octanol–water partition coefficient (Wildman–Crippen LogP) is 6.29. The van der Waals surface area contributed by atoms with Gasteiger partial charge in [0.05, 0.1) is 0 Å². The van der Waals surface area contributed by atoms with Gasteiger partial charge in [0, 0.05) is 0 Å². The van der Waals surface area contributed by atoms with E-state index >= 15 is 0 Å². The molecule has 2 aliphatic carbocycles. The second kappa shape index (κ2) is 25.9. The molecule has 2 aromatic rings. The van der Waals surface area contributed by atoms with Crippen molar-refractivity contribution in [3.63, 3.8) is 0 Å². The maximum absolute atomic E-state index is 3.12. The standard InChI is InChI=1S/2C6H7.2C6H5.2ClH.H2Si.Ti/c2*1-6-4-2-3-5-6;2*1-2-4-6-5-3-1;;;;/h2*2,4H,3H2,1H3;2*1-5H;2*1H;1H2;/q4*-1;;;;. The molecule has 150 valence electrons. The largest absolute Gasteiger partial charge is 0.184 e. The van der Waals surface area contributed by atoms with Crippen molar-refractivity contribution in [3.05, 3.63) is 120 Å². The van der Waals surface area contributed by atoms with Crippen LogP contribution in [0.25, 0.3) is 0 Å². The van der Waals surface area contributed by atoms with Gasteiger partial charge in [0.15, 0.2) is 0 Å². The molecule has 0 fully saturated rings. The molecule has 4 heteroatoms. The summed E-state index contributed by atoms with van der Waals surface area (Å²) in [6, 6.07) is 25.0. The molecule has 0 radical (unpaired) electrons. The first kappa shape index (κ1) is 31.6. The molecule has 4 rings (SSSR count). The van der Waals surface area contributed by atoms with Crippen molar-refractivity contribution < 1.29 is 19.2 Å². The third kappa shape index (κ3) is 23.0. The normalized spacial score (nSPS) is 11.5. The summed E-state index contributed by atoms with van der Waals surface area (Å²) in [6.07, 6.45) is 16.7. The van der Waals surface area contributed by atoms with Crippen LogP contribution >= 0.6 is 24.8 Å². The molecule has 28 heavy (non-hydrogen) atoms. The Kier molecular flexibility index (Phi) is 29.2. The number of hydrogen-bond acceptors (Lipinski definition) is 0. The molecule has 0 saturated heterocycles. The molecule has 0 N–H and O–H groups in total. The quantitative estimate of drug-likeness (QED) is 0.318. The molecule has 0 atom stereocenters. The molecule has 2 aromatic carbocycles. The summed E-state index contributed by atoms with van der Waals surface area (Å²) in [7, 11) is 1.86. The first-order valence-electron chi connectivity index (χ1n) is 8.44. The Labute approximate surface area is 197 Å². The molecule has 2 aliphatic rings. The first-order valence-corrected chi connectivity index (χ1v) is 12.5. The van der Waals surface area contributed by atoms with E-state index in [4.69, 9.17) is 0 Å². The maximum atomic E-state index is 3.12. The van der Waals surface area contributed by atoms with Crippen LogP contribution in [0.15, 0.2) is 96.1 Å². The first-order chi connectivity index (χ1) is 12.8. The van der Waals surface area contributed by atoms with E-state index in [1.165, 1.54) is 11.1 Å². The van der Waals surface area contributed by atoms with Gasteiger partial charge < -0.3 is 0 Å². The van der Waals surface area contributed by atoms with Crippen molar-refractivity contribution in [1.82, 2.24) is 0 Å². The average molecular weight is 463 g/mol. The van der Waals surface area contributed by atoms with E-state index in [-0.39, 0.29) is 24.8 Å². The van der Waals surface area contributed by atoms with Crippen molar-refractivity contribution >= 4 is 32.4 Å². The van der Waals surface area contributed by atoms with Gasteiger partial charge in [-0.15, -0.1) is 37.7 Å². The molecule has 0 bridgehead atoms. The topological polar surface area (TPSA) is 0 Å². The van der Waals surface area contributed by atoms with Crippen LogP contribution in [-0.4, -0.2) is 7.63 Å². The van der Waals surface area contributed by atoms with Gasteiger partial charge in [-0.2, -0.15) is 84.9 Å². The monoisotopic (exact) mass is 462 g/mol. The molecular weight excluding hydrogens is 435 g/mol. The Bertz CT molecular complexity index is 547. The summed E-state index contributed by atoms with van der Waals surface area (Å²) in [4.78, 5) is 0. The van der Waals surface area contributed by atoms with Crippen molar-refractivity contribution in [2.75, 3.05) is 0 Å². The van der Waals surface area contributed by atoms with Gasteiger partial charge in [-0.25, -0.2) is 23.3 Å². The average Bonchev–Trinajstić information content (AvgIpc) is 3.41. The second-order valence-electron chi connectivity index (χ2n) is 5.09. The summed E-state index contributed by atoms with van der Waals surface area (Å²) in [6.45, 7) is 4.12. The molecular formula is C24H28Cl2SiTi-4. The van der Waals surface area contributed by atoms with E-state index in [1.807, 2.05) is 87.5 Å². The minimum Gasteiger partial charge on any atom is -0.184 e. The third-order valence-corrected chi connectivity index (χ3v) is 2.95. The van der Waals surface area contributed by atoms with Crippen LogP contribution in [0.5, 0.6) is 0 Å². The molecule has 0 aliphatic heterocycles. The minimum absolute atomic E-state index is 0. The summed E-state index contributed by atoms with van der Waals surface area (Å²) >= 11 is 2.03. The Morgan fingerprint density at radius 1 is 0.643 bits per heavy atom. The summed E-state index contributed by atoms with van der Waals surface area (Å²) in [5.41, 5.74) is 2.55. The van der Waals surface area contributed by atoms with Crippen LogP contribution in [0.2, 0.25) is 0 Å². The van der Waals surface area contributed by atoms with Crippen molar-refractivity contribution in [1.29, 1.82) is 0 Å². The third-order valence-electron chi connectivity index (χ3n) is 2.95. The van der Waals surface area contributed by atoms with E-state index in [0.29, 0.717) is 0 Å². The van der Waals surface area contributed by atoms with Crippen molar-refractivity contribution in [3.8, 4) is 0 Å².